The van der Waals surface area contributed by atoms with Crippen LogP contribution in [0.2, 0.25) is 0 Å². The molecular formula is C19H24BrN. The molecule has 0 heterocycles. The Morgan fingerprint density at radius 3 is 2.24 bits per heavy atom. The van der Waals surface area contributed by atoms with Gasteiger partial charge >= 0.3 is 0 Å². The number of nitrogens with one attached hydrogen (secondary N) is 1. The molecule has 0 aliphatic carbocycles. The molecular weight excluding hydrogens is 322 g/mol. The lowest BCUT2D eigenvalue weighted by Gasteiger charge is -2.24. The first-order valence-electron chi connectivity index (χ1n) is 7.59. The molecule has 1 nitrogen and oxygen atoms in total. The average molecular weight is 346 g/mol. The first-order chi connectivity index (χ1) is 10.0. The molecule has 0 aliphatic rings. The molecule has 0 bridgehead atoms. The molecule has 1 atom stereocenters. The third-order valence-corrected chi connectivity index (χ3v) is 4.39. The molecule has 0 saturated carbocycles. The van der Waals surface area contributed by atoms with Crippen molar-refractivity contribution in [2.75, 3.05) is 6.54 Å². The molecule has 1 N–H and O–H groups in total. The van der Waals surface area contributed by atoms with Crippen molar-refractivity contribution in [2.24, 2.45) is 0 Å². The fraction of sp³-hybridized carbons (Fsp3) is 0.368. The Bertz CT molecular complexity index is 567. The zero-order valence-corrected chi connectivity index (χ0v) is 14.9. The van der Waals surface area contributed by atoms with Gasteiger partial charge in [-0.05, 0) is 68.1 Å². The van der Waals surface area contributed by atoms with E-state index in [0.717, 1.165) is 17.4 Å². The molecule has 112 valence electrons. The SMILES string of the molecule is CCCNC(c1cc(C)ccc1C)c1cc(Br)ccc1C. The van der Waals surface area contributed by atoms with Crippen LogP contribution in [0.3, 0.4) is 0 Å². The van der Waals surface area contributed by atoms with Gasteiger partial charge in [-0.25, -0.2) is 0 Å². The van der Waals surface area contributed by atoms with E-state index in [1.54, 1.807) is 0 Å². The molecule has 1 unspecified atom stereocenters. The van der Waals surface area contributed by atoms with Gasteiger partial charge in [-0.3, -0.25) is 0 Å². The molecule has 2 aromatic rings. The minimum Gasteiger partial charge on any atom is -0.306 e. The standard InChI is InChI=1S/C19H24BrN/c1-5-10-21-19(17-11-13(2)6-7-14(17)3)18-12-16(20)9-8-15(18)4/h6-9,11-12,19,21H,5,10H2,1-4H3. The van der Waals surface area contributed by atoms with Crippen LogP contribution in [0.5, 0.6) is 0 Å². The highest BCUT2D eigenvalue weighted by Crippen LogP contribution is 2.30. The van der Waals surface area contributed by atoms with Gasteiger partial charge in [0.25, 0.3) is 0 Å². The summed E-state index contributed by atoms with van der Waals surface area (Å²) in [7, 11) is 0. The van der Waals surface area contributed by atoms with Crippen molar-refractivity contribution in [3.05, 3.63) is 68.7 Å². The highest BCUT2D eigenvalue weighted by atomic mass is 79.9. The molecule has 21 heavy (non-hydrogen) atoms. The summed E-state index contributed by atoms with van der Waals surface area (Å²) < 4.78 is 1.14. The van der Waals surface area contributed by atoms with E-state index in [-0.39, 0.29) is 6.04 Å². The number of halogens is 1. The lowest BCUT2D eigenvalue weighted by atomic mass is 9.91. The molecule has 2 aromatic carbocycles. The van der Waals surface area contributed by atoms with Crippen LogP contribution < -0.4 is 5.32 Å². The summed E-state index contributed by atoms with van der Waals surface area (Å²) in [5, 5.41) is 3.72. The summed E-state index contributed by atoms with van der Waals surface area (Å²) in [5.74, 6) is 0. The molecule has 0 aliphatic heterocycles. The Morgan fingerprint density at radius 2 is 1.57 bits per heavy atom. The van der Waals surface area contributed by atoms with Gasteiger partial charge in [0.05, 0.1) is 6.04 Å². The smallest absolute Gasteiger partial charge is 0.0582 e. The van der Waals surface area contributed by atoms with Crippen molar-refractivity contribution in [1.29, 1.82) is 0 Å². The average Bonchev–Trinajstić information content (AvgIpc) is 2.46. The van der Waals surface area contributed by atoms with Gasteiger partial charge in [-0.2, -0.15) is 0 Å². The second-order valence-electron chi connectivity index (χ2n) is 5.75. The van der Waals surface area contributed by atoms with Crippen LogP contribution in [0.1, 0.15) is 47.2 Å². The van der Waals surface area contributed by atoms with Crippen molar-refractivity contribution in [3.63, 3.8) is 0 Å². The highest BCUT2D eigenvalue weighted by molar-refractivity contribution is 9.10. The minimum absolute atomic E-state index is 0.252. The zero-order chi connectivity index (χ0) is 15.4. The fourth-order valence-electron chi connectivity index (χ4n) is 2.67. The Morgan fingerprint density at radius 1 is 0.952 bits per heavy atom. The maximum absolute atomic E-state index is 3.72. The predicted molar refractivity (Wildman–Crippen MR) is 94.9 cm³/mol. The molecule has 0 fully saturated rings. The van der Waals surface area contributed by atoms with Crippen molar-refractivity contribution in [1.82, 2.24) is 5.32 Å². The number of rotatable bonds is 5. The first-order valence-corrected chi connectivity index (χ1v) is 8.38. The van der Waals surface area contributed by atoms with Crippen LogP contribution in [0.15, 0.2) is 40.9 Å². The van der Waals surface area contributed by atoms with Crippen molar-refractivity contribution in [2.45, 2.75) is 40.2 Å². The van der Waals surface area contributed by atoms with E-state index in [9.17, 15) is 0 Å². The minimum atomic E-state index is 0.252. The van der Waals surface area contributed by atoms with Gasteiger partial charge in [0.15, 0.2) is 0 Å². The lowest BCUT2D eigenvalue weighted by Crippen LogP contribution is -2.24. The summed E-state index contributed by atoms with van der Waals surface area (Å²) >= 11 is 3.61. The summed E-state index contributed by atoms with van der Waals surface area (Å²) in [6.07, 6.45) is 1.13. The zero-order valence-electron chi connectivity index (χ0n) is 13.3. The monoisotopic (exact) mass is 345 g/mol. The van der Waals surface area contributed by atoms with Crippen LogP contribution in [0.25, 0.3) is 0 Å². The van der Waals surface area contributed by atoms with Gasteiger partial charge in [0, 0.05) is 4.47 Å². The van der Waals surface area contributed by atoms with Gasteiger partial charge in [0.2, 0.25) is 0 Å². The van der Waals surface area contributed by atoms with Crippen LogP contribution in [0.4, 0.5) is 0 Å². The fourth-order valence-corrected chi connectivity index (χ4v) is 3.05. The second kappa shape index (κ2) is 7.24. The van der Waals surface area contributed by atoms with Crippen molar-refractivity contribution >= 4 is 15.9 Å². The number of hydrogen-bond acceptors (Lipinski definition) is 1. The van der Waals surface area contributed by atoms with E-state index >= 15 is 0 Å². The van der Waals surface area contributed by atoms with Gasteiger partial charge < -0.3 is 5.32 Å². The van der Waals surface area contributed by atoms with Crippen molar-refractivity contribution in [3.8, 4) is 0 Å². The maximum atomic E-state index is 3.72. The van der Waals surface area contributed by atoms with E-state index in [0.29, 0.717) is 0 Å². The van der Waals surface area contributed by atoms with Gasteiger partial charge in [-0.15, -0.1) is 0 Å². The summed E-state index contributed by atoms with van der Waals surface area (Å²) in [6.45, 7) is 9.77. The maximum Gasteiger partial charge on any atom is 0.0582 e. The second-order valence-corrected chi connectivity index (χ2v) is 6.66. The number of hydrogen-bond donors (Lipinski definition) is 1. The van der Waals surface area contributed by atoms with E-state index in [2.05, 4.69) is 85.3 Å². The normalized spacial score (nSPS) is 12.4. The van der Waals surface area contributed by atoms with Crippen LogP contribution in [-0.2, 0) is 0 Å². The number of benzene rings is 2. The highest BCUT2D eigenvalue weighted by Gasteiger charge is 2.17. The first kappa shape index (κ1) is 16.3. The quantitative estimate of drug-likeness (QED) is 0.758. The Labute approximate surface area is 136 Å². The van der Waals surface area contributed by atoms with Crippen molar-refractivity contribution < 1.29 is 0 Å². The lowest BCUT2D eigenvalue weighted by molar-refractivity contribution is 0.593. The topological polar surface area (TPSA) is 12.0 Å². The molecule has 0 saturated heterocycles. The Balaban J connectivity index is 2.52. The van der Waals surface area contributed by atoms with Crippen LogP contribution in [0, 0.1) is 20.8 Å². The largest absolute Gasteiger partial charge is 0.306 e. The van der Waals surface area contributed by atoms with Crippen LogP contribution >= 0.6 is 15.9 Å². The molecule has 0 spiro atoms. The van der Waals surface area contributed by atoms with Gasteiger partial charge in [0.1, 0.15) is 0 Å². The molecule has 2 rings (SSSR count). The molecule has 0 aromatic heterocycles. The molecule has 0 amide bonds. The number of aryl methyl sites for hydroxylation is 3. The van der Waals surface area contributed by atoms with E-state index in [1.807, 2.05) is 0 Å². The third-order valence-electron chi connectivity index (χ3n) is 3.90. The Kier molecular flexibility index (Phi) is 5.60. The predicted octanol–water partition coefficient (Wildman–Crippen LogP) is 5.46. The van der Waals surface area contributed by atoms with E-state index in [4.69, 9.17) is 0 Å². The third kappa shape index (κ3) is 3.96. The van der Waals surface area contributed by atoms with Crippen LogP contribution in [-0.4, -0.2) is 6.54 Å². The summed E-state index contributed by atoms with van der Waals surface area (Å²) in [6, 6.07) is 13.5. The summed E-state index contributed by atoms with van der Waals surface area (Å²) in [5.41, 5.74) is 6.71. The molecule has 2 heteroatoms. The van der Waals surface area contributed by atoms with E-state index in [1.165, 1.54) is 27.8 Å². The Hall–Kier alpha value is -1.12. The molecule has 0 radical (unpaired) electrons. The van der Waals surface area contributed by atoms with E-state index < -0.39 is 0 Å². The summed E-state index contributed by atoms with van der Waals surface area (Å²) in [4.78, 5) is 0. The van der Waals surface area contributed by atoms with Gasteiger partial charge in [-0.1, -0.05) is 52.7 Å².